The highest BCUT2D eigenvalue weighted by atomic mass is 79.9. The minimum atomic E-state index is 0.0791. The second kappa shape index (κ2) is 5.93. The molecule has 1 atom stereocenters. The molecule has 1 aromatic carbocycles. The average Bonchev–Trinajstić information content (AvgIpc) is 2.54. The van der Waals surface area contributed by atoms with E-state index in [0.717, 1.165) is 23.7 Å². The Balaban J connectivity index is 2.14. The Kier molecular flexibility index (Phi) is 3.99. The van der Waals surface area contributed by atoms with Crippen molar-refractivity contribution in [1.29, 1.82) is 5.26 Å². The highest BCUT2D eigenvalue weighted by Crippen LogP contribution is 2.40. The molecule has 5 nitrogen and oxygen atoms in total. The van der Waals surface area contributed by atoms with Gasteiger partial charge in [-0.05, 0) is 36.5 Å². The molecule has 3 rings (SSSR count). The molecule has 22 heavy (non-hydrogen) atoms. The van der Waals surface area contributed by atoms with Crippen molar-refractivity contribution in [3.8, 4) is 11.9 Å². The first kappa shape index (κ1) is 14.8. The Morgan fingerprint density at radius 2 is 2.23 bits per heavy atom. The largest absolute Gasteiger partial charge is 0.479 e. The molecular formula is C16H15BrN4O. The number of benzene rings is 1. The number of methoxy groups -OCH3 is 1. The number of nitrogens with zero attached hydrogens (tertiary/aromatic N) is 3. The summed E-state index contributed by atoms with van der Waals surface area (Å²) in [5, 5.41) is 9.08. The molecule has 0 saturated carbocycles. The maximum Gasteiger partial charge on any atom is 0.251 e. The Bertz CT molecular complexity index is 769. The molecule has 112 valence electrons. The Morgan fingerprint density at radius 3 is 2.95 bits per heavy atom. The second-order valence-corrected chi connectivity index (χ2v) is 6.07. The summed E-state index contributed by atoms with van der Waals surface area (Å²) < 4.78 is 6.29. The number of hydrogen-bond acceptors (Lipinski definition) is 5. The minimum absolute atomic E-state index is 0.0791. The van der Waals surface area contributed by atoms with E-state index in [9.17, 15) is 0 Å². The molecule has 6 heteroatoms. The number of nitrogens with two attached hydrogens (primary N) is 1. The van der Waals surface area contributed by atoms with Crippen molar-refractivity contribution in [2.24, 2.45) is 0 Å². The van der Waals surface area contributed by atoms with Gasteiger partial charge in [0.1, 0.15) is 11.9 Å². The number of rotatable bonds is 2. The van der Waals surface area contributed by atoms with E-state index < -0.39 is 0 Å². The van der Waals surface area contributed by atoms with E-state index in [1.165, 1.54) is 18.2 Å². The number of hydrogen-bond donors (Lipinski definition) is 1. The number of ether oxygens (including phenoxy) is 1. The molecule has 0 spiro atoms. The molecular weight excluding hydrogens is 344 g/mol. The average molecular weight is 359 g/mol. The van der Waals surface area contributed by atoms with E-state index in [4.69, 9.17) is 15.7 Å². The molecule has 0 saturated heterocycles. The zero-order chi connectivity index (χ0) is 15.7. The first-order valence-electron chi connectivity index (χ1n) is 7.04. The van der Waals surface area contributed by atoms with Gasteiger partial charge < -0.3 is 10.5 Å². The Morgan fingerprint density at radius 1 is 1.41 bits per heavy atom. The Labute approximate surface area is 137 Å². The van der Waals surface area contributed by atoms with Crippen LogP contribution in [0, 0.1) is 11.3 Å². The first-order chi connectivity index (χ1) is 10.7. The lowest BCUT2D eigenvalue weighted by Gasteiger charge is -2.26. The van der Waals surface area contributed by atoms with Crippen molar-refractivity contribution in [3.05, 3.63) is 45.2 Å². The molecule has 1 heterocycles. The van der Waals surface area contributed by atoms with Crippen molar-refractivity contribution >= 4 is 21.7 Å². The fraction of sp³-hybridized carbons (Fsp3) is 0.312. The number of fused-ring (bicyclic) bond motifs is 1. The molecule has 1 aliphatic rings. The molecule has 1 unspecified atom stereocenters. The third kappa shape index (κ3) is 2.42. The lowest BCUT2D eigenvalue weighted by Crippen LogP contribution is -2.16. The van der Waals surface area contributed by atoms with Gasteiger partial charge in [0.2, 0.25) is 5.69 Å². The van der Waals surface area contributed by atoms with E-state index in [2.05, 4.69) is 38.0 Å². The van der Waals surface area contributed by atoms with Gasteiger partial charge in [0, 0.05) is 10.4 Å². The van der Waals surface area contributed by atoms with Gasteiger partial charge in [0.05, 0.1) is 12.8 Å². The molecule has 0 amide bonds. The maximum atomic E-state index is 9.08. The van der Waals surface area contributed by atoms with Crippen LogP contribution in [0.3, 0.4) is 0 Å². The fourth-order valence-corrected chi connectivity index (χ4v) is 3.58. The van der Waals surface area contributed by atoms with Crippen LogP contribution in [-0.2, 0) is 6.42 Å². The van der Waals surface area contributed by atoms with E-state index >= 15 is 0 Å². The summed E-state index contributed by atoms with van der Waals surface area (Å²) in [6, 6.07) is 8.14. The zero-order valence-corrected chi connectivity index (χ0v) is 13.7. The molecule has 1 aliphatic carbocycles. The quantitative estimate of drug-likeness (QED) is 0.890. The van der Waals surface area contributed by atoms with Crippen molar-refractivity contribution in [2.45, 2.75) is 25.2 Å². The van der Waals surface area contributed by atoms with Crippen LogP contribution in [0.4, 0.5) is 5.82 Å². The summed E-state index contributed by atoms with van der Waals surface area (Å²) in [6.07, 6.45) is 3.05. The Hall–Kier alpha value is -2.13. The summed E-state index contributed by atoms with van der Waals surface area (Å²) in [4.78, 5) is 8.62. The predicted molar refractivity (Wildman–Crippen MR) is 86.6 cm³/mol. The van der Waals surface area contributed by atoms with Gasteiger partial charge >= 0.3 is 0 Å². The minimum Gasteiger partial charge on any atom is -0.479 e. The smallest absolute Gasteiger partial charge is 0.251 e. The second-order valence-electron chi connectivity index (χ2n) is 5.22. The van der Waals surface area contributed by atoms with E-state index in [0.29, 0.717) is 11.5 Å². The summed E-state index contributed by atoms with van der Waals surface area (Å²) in [7, 11) is 1.48. The summed E-state index contributed by atoms with van der Waals surface area (Å²) in [5.41, 5.74) is 9.37. The highest BCUT2D eigenvalue weighted by Gasteiger charge is 2.27. The van der Waals surface area contributed by atoms with Gasteiger partial charge in [-0.3, -0.25) is 0 Å². The molecule has 1 aromatic heterocycles. The predicted octanol–water partition coefficient (Wildman–Crippen LogP) is 3.17. The molecule has 0 fully saturated rings. The zero-order valence-electron chi connectivity index (χ0n) is 12.1. The molecule has 2 aromatic rings. The molecule has 0 bridgehead atoms. The topological polar surface area (TPSA) is 84.8 Å². The number of nitriles is 1. The third-order valence-corrected chi connectivity index (χ3v) is 4.74. The monoisotopic (exact) mass is 358 g/mol. The fourth-order valence-electron chi connectivity index (χ4n) is 3.00. The van der Waals surface area contributed by atoms with Crippen LogP contribution < -0.4 is 10.5 Å². The van der Waals surface area contributed by atoms with Crippen LogP contribution >= 0.6 is 15.9 Å². The first-order valence-corrected chi connectivity index (χ1v) is 7.83. The number of halogens is 1. The van der Waals surface area contributed by atoms with Crippen LogP contribution in [0.25, 0.3) is 0 Å². The van der Waals surface area contributed by atoms with Gasteiger partial charge in [0.25, 0.3) is 5.88 Å². The van der Waals surface area contributed by atoms with Crippen molar-refractivity contribution < 1.29 is 4.74 Å². The van der Waals surface area contributed by atoms with E-state index in [-0.39, 0.29) is 17.5 Å². The van der Waals surface area contributed by atoms with Crippen molar-refractivity contribution in [2.75, 3.05) is 12.8 Å². The summed E-state index contributed by atoms with van der Waals surface area (Å²) >= 11 is 3.62. The standard InChI is InChI=1S/C16H15BrN4O/c1-22-16-13(8-18)20-15(19)14(21-16)11-6-2-5-10-9(11)4-3-7-12(10)17/h3-4,7,11H,2,5-6H2,1H3,(H2,19,20). The van der Waals surface area contributed by atoms with Gasteiger partial charge in [-0.15, -0.1) is 0 Å². The van der Waals surface area contributed by atoms with E-state index in [1.54, 1.807) is 0 Å². The molecule has 2 N–H and O–H groups in total. The van der Waals surface area contributed by atoms with Crippen molar-refractivity contribution in [1.82, 2.24) is 9.97 Å². The number of nitrogen functional groups attached to an aromatic ring is 1. The van der Waals surface area contributed by atoms with Crippen LogP contribution in [0.15, 0.2) is 22.7 Å². The summed E-state index contributed by atoms with van der Waals surface area (Å²) in [5.74, 6) is 0.611. The number of aromatic nitrogens is 2. The maximum absolute atomic E-state index is 9.08. The molecule has 0 aliphatic heterocycles. The molecule has 0 radical (unpaired) electrons. The van der Waals surface area contributed by atoms with Crippen LogP contribution in [0.1, 0.15) is 41.3 Å². The van der Waals surface area contributed by atoms with Crippen molar-refractivity contribution in [3.63, 3.8) is 0 Å². The lowest BCUT2D eigenvalue weighted by atomic mass is 9.81. The van der Waals surface area contributed by atoms with E-state index in [1.807, 2.05) is 12.1 Å². The number of anilines is 1. The lowest BCUT2D eigenvalue weighted by molar-refractivity contribution is 0.391. The van der Waals surface area contributed by atoms with Crippen LogP contribution in [0.5, 0.6) is 5.88 Å². The van der Waals surface area contributed by atoms with Gasteiger partial charge in [-0.2, -0.15) is 5.26 Å². The highest BCUT2D eigenvalue weighted by molar-refractivity contribution is 9.10. The normalized spacial score (nSPS) is 16.7. The van der Waals surface area contributed by atoms with Gasteiger partial charge in [-0.25, -0.2) is 9.97 Å². The van der Waals surface area contributed by atoms with Gasteiger partial charge in [0.15, 0.2) is 0 Å². The van der Waals surface area contributed by atoms with Gasteiger partial charge in [-0.1, -0.05) is 28.1 Å². The van der Waals surface area contributed by atoms with Crippen LogP contribution in [-0.4, -0.2) is 17.1 Å². The summed E-state index contributed by atoms with van der Waals surface area (Å²) in [6.45, 7) is 0. The SMILES string of the molecule is COc1nc(C2CCCc3c(Br)cccc32)c(N)nc1C#N. The van der Waals surface area contributed by atoms with Crippen LogP contribution in [0.2, 0.25) is 0 Å². The third-order valence-electron chi connectivity index (χ3n) is 4.00.